The molecule has 0 aliphatic rings. The van der Waals surface area contributed by atoms with Crippen molar-refractivity contribution >= 4 is 0 Å². The molecule has 116 valence electrons. The van der Waals surface area contributed by atoms with Crippen molar-refractivity contribution in [1.82, 2.24) is 19.8 Å². The molecule has 2 aromatic heterocycles. The fourth-order valence-electron chi connectivity index (χ4n) is 2.16. The summed E-state index contributed by atoms with van der Waals surface area (Å²) in [5, 5.41) is 15.7. The molecule has 0 aliphatic carbocycles. The second kappa shape index (κ2) is 5.85. The highest BCUT2D eigenvalue weighted by atomic mass is 16.5. The summed E-state index contributed by atoms with van der Waals surface area (Å²) in [4.78, 5) is 0. The Hall–Kier alpha value is -3.27. The van der Waals surface area contributed by atoms with Crippen LogP contribution in [0.25, 0.3) is 5.69 Å². The summed E-state index contributed by atoms with van der Waals surface area (Å²) >= 11 is 0. The molecule has 3 aromatic rings. The number of tetrazole rings is 1. The Morgan fingerprint density at radius 1 is 1.35 bits per heavy atom. The first kappa shape index (κ1) is 14.7. The van der Waals surface area contributed by atoms with Gasteiger partial charge in [0.05, 0.1) is 5.56 Å². The summed E-state index contributed by atoms with van der Waals surface area (Å²) in [6.45, 7) is 2.17. The van der Waals surface area contributed by atoms with Crippen LogP contribution in [0.2, 0.25) is 0 Å². The first-order valence-corrected chi connectivity index (χ1v) is 6.91. The van der Waals surface area contributed by atoms with Crippen molar-refractivity contribution in [3.8, 4) is 23.8 Å². The number of aromatic nitrogens is 4. The van der Waals surface area contributed by atoms with Crippen molar-refractivity contribution in [1.29, 1.82) is 5.41 Å². The molecule has 3 rings (SSSR count). The molecule has 0 bridgehead atoms. The van der Waals surface area contributed by atoms with Gasteiger partial charge in [-0.25, -0.2) is 4.68 Å². The zero-order valence-corrected chi connectivity index (χ0v) is 12.8. The standard InChI is InChI=1S/C16H15N5O2/c1-4-14-12(9-22-15-8-6-5-7-11(15)2)13(10-23-14)21-16(17)20(3)18-19-21/h1,5-8,10,17H,9H2,2-3H3. The normalized spacial score (nSPS) is 10.5. The number of para-hydroxylation sites is 1. The highest BCUT2D eigenvalue weighted by molar-refractivity contribution is 5.46. The zero-order chi connectivity index (χ0) is 16.4. The van der Waals surface area contributed by atoms with Gasteiger partial charge in [0.1, 0.15) is 24.3 Å². The molecular formula is C16H15N5O2. The Kier molecular flexibility index (Phi) is 3.73. The Labute approximate surface area is 132 Å². The molecule has 7 nitrogen and oxygen atoms in total. The largest absolute Gasteiger partial charge is 0.488 e. The van der Waals surface area contributed by atoms with Crippen LogP contribution in [0.5, 0.6) is 5.75 Å². The van der Waals surface area contributed by atoms with Crippen LogP contribution in [0.15, 0.2) is 34.9 Å². The van der Waals surface area contributed by atoms with E-state index >= 15 is 0 Å². The van der Waals surface area contributed by atoms with E-state index in [4.69, 9.17) is 21.0 Å². The lowest BCUT2D eigenvalue weighted by molar-refractivity contribution is 0.301. The number of hydrogen-bond donors (Lipinski definition) is 1. The van der Waals surface area contributed by atoms with Gasteiger partial charge in [0, 0.05) is 7.05 Å². The number of furan rings is 1. The minimum Gasteiger partial charge on any atom is -0.488 e. The van der Waals surface area contributed by atoms with E-state index in [9.17, 15) is 0 Å². The number of aryl methyl sites for hydroxylation is 2. The van der Waals surface area contributed by atoms with Crippen molar-refractivity contribution < 1.29 is 9.15 Å². The SMILES string of the molecule is C#Cc1occ(-n2nnn(C)c2=N)c1COc1ccccc1C. The van der Waals surface area contributed by atoms with E-state index in [1.807, 2.05) is 31.2 Å². The molecule has 1 aromatic carbocycles. The molecule has 1 N–H and O–H groups in total. The van der Waals surface area contributed by atoms with Crippen LogP contribution < -0.4 is 10.4 Å². The molecule has 0 radical (unpaired) electrons. The number of terminal acetylenes is 1. The van der Waals surface area contributed by atoms with Crippen LogP contribution in [0.1, 0.15) is 16.9 Å². The smallest absolute Gasteiger partial charge is 0.243 e. The monoisotopic (exact) mass is 309 g/mol. The van der Waals surface area contributed by atoms with Gasteiger partial charge >= 0.3 is 0 Å². The Morgan fingerprint density at radius 3 is 2.78 bits per heavy atom. The van der Waals surface area contributed by atoms with Crippen molar-refractivity contribution in [3.05, 3.63) is 53.0 Å². The third kappa shape index (κ3) is 2.62. The lowest BCUT2D eigenvalue weighted by Gasteiger charge is -2.09. The number of ether oxygens (including phenoxy) is 1. The van der Waals surface area contributed by atoms with Crippen LogP contribution in [-0.4, -0.2) is 19.8 Å². The van der Waals surface area contributed by atoms with E-state index in [2.05, 4.69) is 16.3 Å². The van der Waals surface area contributed by atoms with E-state index < -0.39 is 0 Å². The van der Waals surface area contributed by atoms with Gasteiger partial charge in [-0.15, -0.1) is 6.42 Å². The minimum absolute atomic E-state index is 0.103. The van der Waals surface area contributed by atoms with Crippen molar-refractivity contribution in [3.63, 3.8) is 0 Å². The number of benzene rings is 1. The second-order valence-corrected chi connectivity index (χ2v) is 4.97. The summed E-state index contributed by atoms with van der Waals surface area (Å²) < 4.78 is 13.9. The fraction of sp³-hybridized carbons (Fsp3) is 0.188. The molecule has 0 spiro atoms. The predicted molar refractivity (Wildman–Crippen MR) is 81.9 cm³/mol. The number of nitrogens with one attached hydrogen (secondary N) is 1. The van der Waals surface area contributed by atoms with Crippen LogP contribution in [0.3, 0.4) is 0 Å². The third-order valence-electron chi connectivity index (χ3n) is 3.47. The van der Waals surface area contributed by atoms with Crippen LogP contribution >= 0.6 is 0 Å². The Morgan fingerprint density at radius 2 is 2.13 bits per heavy atom. The summed E-state index contributed by atoms with van der Waals surface area (Å²) in [5.74, 6) is 3.60. The quantitative estimate of drug-likeness (QED) is 0.741. The van der Waals surface area contributed by atoms with Gasteiger partial charge in [-0.3, -0.25) is 5.41 Å². The number of hydrogen-bond acceptors (Lipinski definition) is 5. The average Bonchev–Trinajstić information content (AvgIpc) is 3.10. The molecule has 0 amide bonds. The number of rotatable bonds is 4. The van der Waals surface area contributed by atoms with Crippen LogP contribution in [-0.2, 0) is 13.7 Å². The maximum absolute atomic E-state index is 7.97. The summed E-state index contributed by atoms with van der Waals surface area (Å²) in [6.07, 6.45) is 6.94. The van der Waals surface area contributed by atoms with E-state index in [0.717, 1.165) is 11.3 Å². The molecule has 2 heterocycles. The molecule has 7 heteroatoms. The van der Waals surface area contributed by atoms with E-state index in [1.165, 1.54) is 15.6 Å². The minimum atomic E-state index is 0.103. The van der Waals surface area contributed by atoms with Crippen LogP contribution in [0, 0.1) is 24.7 Å². The zero-order valence-electron chi connectivity index (χ0n) is 12.8. The van der Waals surface area contributed by atoms with Crippen molar-refractivity contribution in [2.45, 2.75) is 13.5 Å². The lowest BCUT2D eigenvalue weighted by atomic mass is 10.2. The topological polar surface area (TPSA) is 81.9 Å². The van der Waals surface area contributed by atoms with E-state index in [-0.39, 0.29) is 12.2 Å². The average molecular weight is 309 g/mol. The van der Waals surface area contributed by atoms with Gasteiger partial charge in [0.15, 0.2) is 5.76 Å². The van der Waals surface area contributed by atoms with Gasteiger partial charge in [-0.2, -0.15) is 4.68 Å². The summed E-state index contributed by atoms with van der Waals surface area (Å²) in [7, 11) is 1.64. The second-order valence-electron chi connectivity index (χ2n) is 4.97. The lowest BCUT2D eigenvalue weighted by Crippen LogP contribution is -2.22. The molecule has 0 aliphatic heterocycles. The third-order valence-corrected chi connectivity index (χ3v) is 3.47. The molecule has 0 saturated carbocycles. The maximum atomic E-state index is 7.97. The molecule has 0 unspecified atom stereocenters. The number of nitrogens with zero attached hydrogens (tertiary/aromatic N) is 4. The first-order chi connectivity index (χ1) is 11.1. The fourth-order valence-corrected chi connectivity index (χ4v) is 2.16. The van der Waals surface area contributed by atoms with Crippen LogP contribution in [0.4, 0.5) is 0 Å². The van der Waals surface area contributed by atoms with Gasteiger partial charge in [0.2, 0.25) is 5.62 Å². The summed E-state index contributed by atoms with van der Waals surface area (Å²) in [6, 6.07) is 7.70. The molecule has 23 heavy (non-hydrogen) atoms. The van der Waals surface area contributed by atoms with Gasteiger partial charge in [0.25, 0.3) is 0 Å². The van der Waals surface area contributed by atoms with Gasteiger partial charge in [-0.1, -0.05) is 18.2 Å². The molecular weight excluding hydrogens is 294 g/mol. The summed E-state index contributed by atoms with van der Waals surface area (Å²) in [5.41, 5.74) is 2.32. The van der Waals surface area contributed by atoms with E-state index in [0.29, 0.717) is 17.0 Å². The molecule has 0 saturated heterocycles. The maximum Gasteiger partial charge on any atom is 0.243 e. The molecule has 0 atom stereocenters. The van der Waals surface area contributed by atoms with Gasteiger partial charge in [-0.05, 0) is 34.9 Å². The Balaban J connectivity index is 1.97. The Bertz CT molecular complexity index is 942. The highest BCUT2D eigenvalue weighted by Gasteiger charge is 2.17. The first-order valence-electron chi connectivity index (χ1n) is 6.91. The van der Waals surface area contributed by atoms with Crippen molar-refractivity contribution in [2.24, 2.45) is 7.05 Å². The van der Waals surface area contributed by atoms with E-state index in [1.54, 1.807) is 7.05 Å². The highest BCUT2D eigenvalue weighted by Crippen LogP contribution is 2.23. The molecule has 0 fully saturated rings. The predicted octanol–water partition coefficient (Wildman–Crippen LogP) is 1.55. The van der Waals surface area contributed by atoms with Crippen molar-refractivity contribution in [2.75, 3.05) is 0 Å². The van der Waals surface area contributed by atoms with Gasteiger partial charge < -0.3 is 9.15 Å².